The minimum atomic E-state index is -0.213. The molecule has 0 aliphatic heterocycles. The Bertz CT molecular complexity index is 1010. The number of carbonyl (C=O) groups excluding carboxylic acids is 1. The fraction of sp³-hybridized carbons (Fsp3) is 0.350. The number of nitrogens with zero attached hydrogens (tertiary/aromatic N) is 1. The molecular weight excluding hydrogens is 410 g/mol. The highest BCUT2D eigenvalue weighted by atomic mass is 32.2. The zero-order valence-electron chi connectivity index (χ0n) is 16.1. The van der Waals surface area contributed by atoms with E-state index in [9.17, 15) is 9.59 Å². The van der Waals surface area contributed by atoms with Crippen LogP contribution in [0, 0.1) is 13.8 Å². The molecule has 1 unspecified atom stereocenters. The van der Waals surface area contributed by atoms with E-state index in [-0.39, 0.29) is 16.7 Å². The van der Waals surface area contributed by atoms with Gasteiger partial charge in [0.2, 0.25) is 5.91 Å². The van der Waals surface area contributed by atoms with E-state index in [1.165, 1.54) is 28.0 Å². The number of amides is 1. The van der Waals surface area contributed by atoms with Gasteiger partial charge < -0.3 is 10.3 Å². The summed E-state index contributed by atoms with van der Waals surface area (Å²) >= 11 is 4.73. The maximum atomic E-state index is 12.3. The number of benzene rings is 1. The van der Waals surface area contributed by atoms with Gasteiger partial charge in [-0.05, 0) is 38.5 Å². The van der Waals surface area contributed by atoms with Gasteiger partial charge in [-0.1, -0.05) is 18.2 Å². The summed E-state index contributed by atoms with van der Waals surface area (Å²) in [5.41, 5.74) is 0.895. The molecule has 1 atom stereocenters. The minimum Gasteiger partial charge on any atom is -0.354 e. The molecule has 0 bridgehead atoms. The Hall–Kier alpha value is -1.77. The van der Waals surface area contributed by atoms with E-state index in [4.69, 9.17) is 0 Å². The first-order valence-corrected chi connectivity index (χ1v) is 11.9. The molecule has 0 saturated heterocycles. The fourth-order valence-electron chi connectivity index (χ4n) is 2.65. The molecule has 2 heterocycles. The second-order valence-electron chi connectivity index (χ2n) is 6.38. The van der Waals surface area contributed by atoms with Gasteiger partial charge in [0.1, 0.15) is 10.7 Å². The van der Waals surface area contributed by atoms with Crippen LogP contribution in [0.15, 0.2) is 40.0 Å². The second-order valence-corrected chi connectivity index (χ2v) is 10.1. The molecular formula is C20H23N3O2S3. The lowest BCUT2D eigenvalue weighted by Crippen LogP contribution is -2.32. The summed E-state index contributed by atoms with van der Waals surface area (Å²) in [6.45, 7) is 6.44. The third-order valence-corrected chi connectivity index (χ3v) is 7.61. The van der Waals surface area contributed by atoms with Gasteiger partial charge in [-0.3, -0.25) is 9.59 Å². The summed E-state index contributed by atoms with van der Waals surface area (Å²) in [5, 5.41) is 3.44. The number of fused-ring (bicyclic) bond motifs is 1. The van der Waals surface area contributed by atoms with Crippen LogP contribution in [-0.4, -0.2) is 33.4 Å². The predicted octanol–water partition coefficient (Wildman–Crippen LogP) is 4.13. The van der Waals surface area contributed by atoms with Crippen molar-refractivity contribution in [3.05, 3.63) is 57.0 Å². The summed E-state index contributed by atoms with van der Waals surface area (Å²) in [6.07, 6.45) is 0. The first kappa shape index (κ1) is 21.0. The Morgan fingerprint density at radius 3 is 2.79 bits per heavy atom. The van der Waals surface area contributed by atoms with Crippen molar-refractivity contribution in [2.24, 2.45) is 0 Å². The largest absolute Gasteiger partial charge is 0.354 e. The summed E-state index contributed by atoms with van der Waals surface area (Å²) < 4.78 is 0. The van der Waals surface area contributed by atoms with Crippen molar-refractivity contribution in [3.8, 4) is 0 Å². The Morgan fingerprint density at radius 1 is 1.29 bits per heavy atom. The van der Waals surface area contributed by atoms with E-state index in [0.29, 0.717) is 23.5 Å². The molecule has 0 aliphatic rings. The molecule has 3 aromatic rings. The average molecular weight is 434 g/mol. The molecule has 28 heavy (non-hydrogen) atoms. The SMILES string of the molecule is Cc1sc2nc(CSC(C)C(=O)NCCSc3ccccc3)[nH]c(=O)c2c1C. The summed E-state index contributed by atoms with van der Waals surface area (Å²) in [7, 11) is 0. The van der Waals surface area contributed by atoms with E-state index >= 15 is 0 Å². The first-order valence-electron chi connectivity index (χ1n) is 9.01. The van der Waals surface area contributed by atoms with Crippen LogP contribution in [-0.2, 0) is 10.5 Å². The Balaban J connectivity index is 1.48. The molecule has 1 aromatic carbocycles. The highest BCUT2D eigenvalue weighted by Crippen LogP contribution is 2.26. The van der Waals surface area contributed by atoms with Gasteiger partial charge in [-0.2, -0.15) is 0 Å². The van der Waals surface area contributed by atoms with E-state index in [2.05, 4.69) is 27.4 Å². The van der Waals surface area contributed by atoms with Gasteiger partial charge in [0.25, 0.3) is 5.56 Å². The normalized spacial score (nSPS) is 12.2. The van der Waals surface area contributed by atoms with Crippen LogP contribution in [0.1, 0.15) is 23.2 Å². The number of carbonyl (C=O) groups is 1. The van der Waals surface area contributed by atoms with Gasteiger partial charge in [-0.25, -0.2) is 4.98 Å². The number of hydrogen-bond donors (Lipinski definition) is 2. The van der Waals surface area contributed by atoms with Crippen molar-refractivity contribution in [2.45, 2.75) is 36.7 Å². The van der Waals surface area contributed by atoms with Gasteiger partial charge >= 0.3 is 0 Å². The van der Waals surface area contributed by atoms with Crippen molar-refractivity contribution in [1.82, 2.24) is 15.3 Å². The highest BCUT2D eigenvalue weighted by Gasteiger charge is 2.15. The van der Waals surface area contributed by atoms with Crippen LogP contribution >= 0.6 is 34.9 Å². The number of H-pyrrole nitrogens is 1. The van der Waals surface area contributed by atoms with Gasteiger partial charge in [0, 0.05) is 22.1 Å². The molecule has 0 saturated carbocycles. The third kappa shape index (κ3) is 5.18. The number of aryl methyl sites for hydroxylation is 2. The van der Waals surface area contributed by atoms with E-state index in [0.717, 1.165) is 21.0 Å². The molecule has 2 aromatic heterocycles. The Morgan fingerprint density at radius 2 is 2.04 bits per heavy atom. The van der Waals surface area contributed by atoms with Crippen molar-refractivity contribution in [2.75, 3.05) is 12.3 Å². The highest BCUT2D eigenvalue weighted by molar-refractivity contribution is 7.99. The second kappa shape index (κ2) is 9.62. The number of hydrogen-bond acceptors (Lipinski definition) is 6. The Labute approximate surface area is 176 Å². The number of rotatable bonds is 8. The predicted molar refractivity (Wildman–Crippen MR) is 121 cm³/mol. The van der Waals surface area contributed by atoms with E-state index < -0.39 is 0 Å². The molecule has 2 N–H and O–H groups in total. The summed E-state index contributed by atoms with van der Waals surface area (Å²) in [6, 6.07) is 10.1. The quantitative estimate of drug-likeness (QED) is 0.413. The molecule has 148 valence electrons. The lowest BCUT2D eigenvalue weighted by molar-refractivity contribution is -0.120. The first-order chi connectivity index (χ1) is 13.5. The Kier molecular flexibility index (Phi) is 7.20. The molecule has 5 nitrogen and oxygen atoms in total. The van der Waals surface area contributed by atoms with Crippen molar-refractivity contribution in [3.63, 3.8) is 0 Å². The number of aromatic amines is 1. The fourth-order valence-corrected chi connectivity index (χ4v) is 5.27. The monoisotopic (exact) mass is 433 g/mol. The van der Waals surface area contributed by atoms with Crippen molar-refractivity contribution >= 4 is 51.0 Å². The van der Waals surface area contributed by atoms with Gasteiger partial charge in [0.15, 0.2) is 0 Å². The van der Waals surface area contributed by atoms with Crippen LogP contribution in [0.2, 0.25) is 0 Å². The molecule has 1 amide bonds. The topological polar surface area (TPSA) is 74.8 Å². The van der Waals surface area contributed by atoms with E-state index in [1.807, 2.05) is 39.0 Å². The third-order valence-electron chi connectivity index (χ3n) is 4.34. The number of aromatic nitrogens is 2. The number of thiophene rings is 1. The minimum absolute atomic E-state index is 0.00454. The maximum Gasteiger partial charge on any atom is 0.259 e. The molecule has 0 aliphatic carbocycles. The molecule has 0 fully saturated rings. The van der Waals surface area contributed by atoms with Crippen LogP contribution in [0.4, 0.5) is 0 Å². The van der Waals surface area contributed by atoms with Gasteiger partial charge in [0.05, 0.1) is 16.4 Å². The van der Waals surface area contributed by atoms with Crippen molar-refractivity contribution < 1.29 is 4.79 Å². The lowest BCUT2D eigenvalue weighted by Gasteiger charge is -2.11. The molecule has 0 radical (unpaired) electrons. The maximum absolute atomic E-state index is 12.3. The zero-order valence-corrected chi connectivity index (χ0v) is 18.5. The molecule has 3 rings (SSSR count). The number of thioether (sulfide) groups is 2. The van der Waals surface area contributed by atoms with E-state index in [1.54, 1.807) is 11.8 Å². The van der Waals surface area contributed by atoms with Crippen LogP contribution in [0.25, 0.3) is 10.2 Å². The smallest absolute Gasteiger partial charge is 0.259 e. The zero-order chi connectivity index (χ0) is 20.1. The lowest BCUT2D eigenvalue weighted by atomic mass is 10.2. The van der Waals surface area contributed by atoms with Crippen LogP contribution in [0.5, 0.6) is 0 Å². The van der Waals surface area contributed by atoms with Gasteiger partial charge in [-0.15, -0.1) is 34.9 Å². The molecule has 8 heteroatoms. The average Bonchev–Trinajstić information content (AvgIpc) is 2.98. The van der Waals surface area contributed by atoms with Crippen molar-refractivity contribution in [1.29, 1.82) is 0 Å². The standard InChI is InChI=1S/C20H23N3O2S3/c1-12-13(2)28-20-17(12)19(25)22-16(23-20)11-27-14(3)18(24)21-9-10-26-15-7-5-4-6-8-15/h4-8,14H,9-11H2,1-3H3,(H,21,24)(H,22,23,25). The van der Waals surface area contributed by atoms with Crippen LogP contribution < -0.4 is 10.9 Å². The number of nitrogens with one attached hydrogen (secondary N) is 2. The molecule has 0 spiro atoms. The van der Waals surface area contributed by atoms with Crippen LogP contribution in [0.3, 0.4) is 0 Å². The summed E-state index contributed by atoms with van der Waals surface area (Å²) in [4.78, 5) is 35.1. The summed E-state index contributed by atoms with van der Waals surface area (Å²) in [5.74, 6) is 1.94.